The number of hydrogen-bond acceptors (Lipinski definition) is 6. The third-order valence-electron chi connectivity index (χ3n) is 4.83. The molecule has 1 heterocycles. The molecule has 0 atom stereocenters. The first-order chi connectivity index (χ1) is 13.7. The molecule has 0 saturated carbocycles. The Labute approximate surface area is 168 Å². The Hall–Kier alpha value is -3.01. The Morgan fingerprint density at radius 3 is 2.52 bits per heavy atom. The summed E-state index contributed by atoms with van der Waals surface area (Å²) in [4.78, 5) is 14.1. The molecule has 0 unspecified atom stereocenters. The number of sulfonamides is 1. The third kappa shape index (κ3) is 4.53. The fourth-order valence-corrected chi connectivity index (χ4v) is 4.02. The maximum Gasteiger partial charge on any atom is 0.276 e. The van der Waals surface area contributed by atoms with Gasteiger partial charge in [-0.1, -0.05) is 12.1 Å². The number of aryl methyl sites for hydroxylation is 1. The van der Waals surface area contributed by atoms with Crippen LogP contribution >= 0.6 is 0 Å². The van der Waals surface area contributed by atoms with Gasteiger partial charge in [-0.05, 0) is 44.9 Å². The quantitative estimate of drug-likeness (QED) is 0.438. The molecular formula is C19H21FN4O4S. The van der Waals surface area contributed by atoms with Crippen LogP contribution in [0.3, 0.4) is 0 Å². The summed E-state index contributed by atoms with van der Waals surface area (Å²) in [6, 6.07) is 8.26. The van der Waals surface area contributed by atoms with E-state index in [9.17, 15) is 22.9 Å². The van der Waals surface area contributed by atoms with E-state index >= 15 is 0 Å². The van der Waals surface area contributed by atoms with Crippen molar-refractivity contribution in [2.45, 2.75) is 31.6 Å². The summed E-state index contributed by atoms with van der Waals surface area (Å²) >= 11 is 0. The lowest BCUT2D eigenvalue weighted by Crippen LogP contribution is -2.21. The predicted octanol–water partition coefficient (Wildman–Crippen LogP) is 3.35. The largest absolute Gasteiger partial charge is 0.369 e. The first-order valence-corrected chi connectivity index (χ1v) is 10.5. The van der Waals surface area contributed by atoms with Gasteiger partial charge in [-0.3, -0.25) is 10.1 Å². The van der Waals surface area contributed by atoms with E-state index < -0.39 is 20.8 Å². The molecule has 8 nitrogen and oxygen atoms in total. The minimum absolute atomic E-state index is 0.266. The monoisotopic (exact) mass is 420 g/mol. The highest BCUT2D eigenvalue weighted by Crippen LogP contribution is 2.25. The van der Waals surface area contributed by atoms with Gasteiger partial charge >= 0.3 is 0 Å². The molecule has 154 valence electrons. The number of rotatable bonds is 6. The maximum absolute atomic E-state index is 14.5. The van der Waals surface area contributed by atoms with Crippen LogP contribution in [0.1, 0.15) is 30.9 Å². The topological polar surface area (TPSA) is 105 Å². The van der Waals surface area contributed by atoms with Crippen LogP contribution in [-0.2, 0) is 10.0 Å². The average Bonchev–Trinajstić information content (AvgIpc) is 3.20. The average molecular weight is 420 g/mol. The van der Waals surface area contributed by atoms with Crippen molar-refractivity contribution >= 4 is 27.1 Å². The number of nitro groups is 1. The van der Waals surface area contributed by atoms with E-state index in [-0.39, 0.29) is 16.3 Å². The minimum atomic E-state index is -4.11. The van der Waals surface area contributed by atoms with Gasteiger partial charge < -0.3 is 4.90 Å². The summed E-state index contributed by atoms with van der Waals surface area (Å²) in [5.41, 5.74) is 1.27. The standard InChI is InChI=1S/C19H21FN4O4S/c1-13-5-7-16(12-19(13)24(25)26)29(27,28)22-21-14(2)15-6-8-18(17(20)11-15)23-9-3-4-10-23/h5-8,11-12,22H,3-4,9-10H2,1-2H3/b21-14-. The van der Waals surface area contributed by atoms with Crippen LogP contribution in [0.5, 0.6) is 0 Å². The summed E-state index contributed by atoms with van der Waals surface area (Å²) < 4.78 is 39.3. The predicted molar refractivity (Wildman–Crippen MR) is 108 cm³/mol. The first kappa shape index (κ1) is 20.7. The molecule has 0 bridgehead atoms. The molecule has 0 radical (unpaired) electrons. The number of hydrazone groups is 1. The van der Waals surface area contributed by atoms with Crippen molar-refractivity contribution in [3.8, 4) is 0 Å². The van der Waals surface area contributed by atoms with Crippen LogP contribution in [-0.4, -0.2) is 32.1 Å². The van der Waals surface area contributed by atoms with Crippen LogP contribution in [0.4, 0.5) is 15.8 Å². The van der Waals surface area contributed by atoms with Crippen LogP contribution in [0.2, 0.25) is 0 Å². The number of nitrogens with zero attached hydrogens (tertiary/aromatic N) is 3. The van der Waals surface area contributed by atoms with E-state index in [1.807, 2.05) is 4.90 Å². The van der Waals surface area contributed by atoms with E-state index in [0.717, 1.165) is 32.0 Å². The Balaban J connectivity index is 1.80. The second-order valence-corrected chi connectivity index (χ2v) is 8.52. The van der Waals surface area contributed by atoms with Crippen LogP contribution in [0.15, 0.2) is 46.4 Å². The fraction of sp³-hybridized carbons (Fsp3) is 0.316. The van der Waals surface area contributed by atoms with Gasteiger partial charge in [0.1, 0.15) is 5.82 Å². The van der Waals surface area contributed by atoms with Crippen LogP contribution < -0.4 is 9.73 Å². The van der Waals surface area contributed by atoms with Crippen molar-refractivity contribution < 1.29 is 17.7 Å². The lowest BCUT2D eigenvalue weighted by Gasteiger charge is -2.18. The molecule has 0 spiro atoms. The first-order valence-electron chi connectivity index (χ1n) is 9.05. The Kier molecular flexibility index (Phi) is 5.83. The second kappa shape index (κ2) is 8.16. The molecule has 2 aromatic carbocycles. The van der Waals surface area contributed by atoms with Crippen molar-refractivity contribution in [3.63, 3.8) is 0 Å². The van der Waals surface area contributed by atoms with Crippen molar-refractivity contribution in [1.29, 1.82) is 0 Å². The number of nitro benzene ring substituents is 1. The van der Waals surface area contributed by atoms with Crippen LogP contribution in [0.25, 0.3) is 0 Å². The molecule has 0 aromatic heterocycles. The van der Waals surface area contributed by atoms with Gasteiger partial charge in [-0.15, -0.1) is 0 Å². The molecule has 1 fully saturated rings. The molecule has 1 aliphatic rings. The summed E-state index contributed by atoms with van der Waals surface area (Å²) in [6.07, 6.45) is 2.06. The van der Waals surface area contributed by atoms with Crippen molar-refractivity contribution in [2.75, 3.05) is 18.0 Å². The zero-order valence-electron chi connectivity index (χ0n) is 16.1. The Morgan fingerprint density at radius 1 is 1.21 bits per heavy atom. The van der Waals surface area contributed by atoms with Crippen LogP contribution in [0, 0.1) is 22.9 Å². The van der Waals surface area contributed by atoms with Gasteiger partial charge in [0.05, 0.1) is 21.2 Å². The molecule has 1 N–H and O–H groups in total. The molecule has 1 aliphatic heterocycles. The van der Waals surface area contributed by atoms with Gasteiger partial charge in [0.2, 0.25) is 0 Å². The summed E-state index contributed by atoms with van der Waals surface area (Å²) in [5, 5.41) is 14.9. The number of anilines is 1. The summed E-state index contributed by atoms with van der Waals surface area (Å²) in [6.45, 7) is 4.69. The molecule has 0 aliphatic carbocycles. The normalized spacial score (nSPS) is 14.9. The SMILES string of the molecule is C/C(=N/NS(=O)(=O)c1ccc(C)c([N+](=O)[O-])c1)c1ccc(N2CCCC2)c(F)c1. The maximum atomic E-state index is 14.5. The molecule has 10 heteroatoms. The highest BCUT2D eigenvalue weighted by atomic mass is 32.2. The third-order valence-corrected chi connectivity index (χ3v) is 6.04. The van der Waals surface area contributed by atoms with Crippen molar-refractivity contribution in [2.24, 2.45) is 5.10 Å². The van der Waals surface area contributed by atoms with Gasteiger partial charge in [-0.25, -0.2) is 4.39 Å². The van der Waals surface area contributed by atoms with Gasteiger partial charge in [-0.2, -0.15) is 18.4 Å². The molecular weight excluding hydrogens is 399 g/mol. The number of benzene rings is 2. The lowest BCUT2D eigenvalue weighted by atomic mass is 10.1. The highest BCUT2D eigenvalue weighted by molar-refractivity contribution is 7.89. The molecule has 2 aromatic rings. The van der Waals surface area contributed by atoms with Crippen molar-refractivity contribution in [3.05, 3.63) is 63.5 Å². The smallest absolute Gasteiger partial charge is 0.276 e. The summed E-state index contributed by atoms with van der Waals surface area (Å²) in [5.74, 6) is -0.393. The zero-order chi connectivity index (χ0) is 21.2. The van der Waals surface area contributed by atoms with Crippen molar-refractivity contribution in [1.82, 2.24) is 4.83 Å². The van der Waals surface area contributed by atoms with E-state index in [2.05, 4.69) is 9.93 Å². The number of nitrogens with one attached hydrogen (secondary N) is 1. The van der Waals surface area contributed by atoms with E-state index in [0.29, 0.717) is 16.8 Å². The highest BCUT2D eigenvalue weighted by Gasteiger charge is 2.20. The molecule has 1 saturated heterocycles. The van der Waals surface area contributed by atoms with E-state index in [1.165, 1.54) is 25.1 Å². The van der Waals surface area contributed by atoms with E-state index in [4.69, 9.17) is 0 Å². The lowest BCUT2D eigenvalue weighted by molar-refractivity contribution is -0.385. The fourth-order valence-electron chi connectivity index (χ4n) is 3.15. The zero-order valence-corrected chi connectivity index (χ0v) is 16.9. The van der Waals surface area contributed by atoms with Gasteiger partial charge in [0, 0.05) is 30.3 Å². The Bertz CT molecular complexity index is 1080. The van der Waals surface area contributed by atoms with E-state index in [1.54, 1.807) is 19.1 Å². The molecule has 0 amide bonds. The number of halogens is 1. The Morgan fingerprint density at radius 2 is 1.90 bits per heavy atom. The second-order valence-electron chi connectivity index (χ2n) is 6.86. The molecule has 3 rings (SSSR count). The van der Waals surface area contributed by atoms with Gasteiger partial charge in [0.15, 0.2) is 0 Å². The van der Waals surface area contributed by atoms with Gasteiger partial charge in [0.25, 0.3) is 15.7 Å². The number of hydrogen-bond donors (Lipinski definition) is 1. The summed E-state index contributed by atoms with van der Waals surface area (Å²) in [7, 11) is -4.11. The minimum Gasteiger partial charge on any atom is -0.369 e. The molecule has 29 heavy (non-hydrogen) atoms.